The average Bonchev–Trinajstić information content (AvgIpc) is 2.53. The lowest BCUT2D eigenvalue weighted by molar-refractivity contribution is 0.0213. The Kier molecular flexibility index (Phi) is 5.95. The highest BCUT2D eigenvalue weighted by Gasteiger charge is 2.21. The molecule has 6 heteroatoms. The number of ether oxygens (including phenoxy) is 1. The number of piperidine rings is 1. The molecule has 1 aromatic rings. The van der Waals surface area contributed by atoms with Crippen molar-refractivity contribution in [3.05, 3.63) is 23.9 Å². The van der Waals surface area contributed by atoms with E-state index in [0.29, 0.717) is 18.7 Å². The molecule has 1 aliphatic heterocycles. The fraction of sp³-hybridized carbons (Fsp3) is 0.600. The highest BCUT2D eigenvalue weighted by Crippen LogP contribution is 2.19. The second-order valence-electron chi connectivity index (χ2n) is 5.07. The van der Waals surface area contributed by atoms with Crippen molar-refractivity contribution in [3.8, 4) is 0 Å². The summed E-state index contributed by atoms with van der Waals surface area (Å²) in [6.07, 6.45) is 3.79. The molecule has 116 valence electrons. The van der Waals surface area contributed by atoms with Crippen LogP contribution in [0, 0.1) is 0 Å². The summed E-state index contributed by atoms with van der Waals surface area (Å²) in [7, 11) is 0. The molecule has 1 aromatic heterocycles. The van der Waals surface area contributed by atoms with Crippen LogP contribution in [0.25, 0.3) is 0 Å². The van der Waals surface area contributed by atoms with Crippen molar-refractivity contribution in [3.63, 3.8) is 0 Å². The van der Waals surface area contributed by atoms with Crippen molar-refractivity contribution in [2.24, 2.45) is 0 Å². The molecule has 1 aliphatic rings. The minimum absolute atomic E-state index is 0.0516. The van der Waals surface area contributed by atoms with E-state index in [1.807, 2.05) is 13.0 Å². The van der Waals surface area contributed by atoms with Crippen molar-refractivity contribution < 1.29 is 14.6 Å². The molecule has 0 aromatic carbocycles. The van der Waals surface area contributed by atoms with E-state index in [4.69, 9.17) is 9.84 Å². The van der Waals surface area contributed by atoms with Crippen LogP contribution in [-0.4, -0.2) is 54.9 Å². The summed E-state index contributed by atoms with van der Waals surface area (Å²) in [4.78, 5) is 18.2. The first kappa shape index (κ1) is 15.7. The maximum Gasteiger partial charge on any atom is 0.252 e. The van der Waals surface area contributed by atoms with Gasteiger partial charge >= 0.3 is 0 Å². The number of nitrogens with one attached hydrogen (secondary N) is 1. The lowest BCUT2D eigenvalue weighted by Gasteiger charge is -2.33. The maximum absolute atomic E-state index is 11.7. The molecule has 0 saturated carbocycles. The summed E-state index contributed by atoms with van der Waals surface area (Å²) in [6.45, 7) is 4.63. The number of amides is 1. The number of hydrogen-bond acceptors (Lipinski definition) is 5. The number of rotatable bonds is 6. The van der Waals surface area contributed by atoms with E-state index in [2.05, 4.69) is 15.2 Å². The Balaban J connectivity index is 1.96. The lowest BCUT2D eigenvalue weighted by Crippen LogP contribution is -2.40. The molecule has 1 fully saturated rings. The molecule has 0 bridgehead atoms. The molecule has 2 rings (SSSR count). The molecule has 1 unspecified atom stereocenters. The van der Waals surface area contributed by atoms with Crippen LogP contribution in [0.15, 0.2) is 18.3 Å². The Morgan fingerprint density at radius 3 is 3.10 bits per heavy atom. The van der Waals surface area contributed by atoms with Crippen molar-refractivity contribution >= 4 is 11.7 Å². The Morgan fingerprint density at radius 2 is 2.43 bits per heavy atom. The van der Waals surface area contributed by atoms with E-state index in [9.17, 15) is 4.79 Å². The molecule has 0 spiro atoms. The van der Waals surface area contributed by atoms with E-state index < -0.39 is 0 Å². The van der Waals surface area contributed by atoms with Crippen LogP contribution < -0.4 is 10.2 Å². The van der Waals surface area contributed by atoms with Gasteiger partial charge in [0.05, 0.1) is 24.9 Å². The first-order valence-electron chi connectivity index (χ1n) is 7.46. The Morgan fingerprint density at radius 1 is 1.57 bits per heavy atom. The maximum atomic E-state index is 11.7. The second-order valence-corrected chi connectivity index (χ2v) is 5.07. The zero-order chi connectivity index (χ0) is 15.1. The highest BCUT2D eigenvalue weighted by atomic mass is 16.5. The van der Waals surface area contributed by atoms with Gasteiger partial charge in [-0.1, -0.05) is 0 Å². The van der Waals surface area contributed by atoms with E-state index in [1.54, 1.807) is 12.3 Å². The number of pyridine rings is 1. The van der Waals surface area contributed by atoms with Crippen LogP contribution in [0.1, 0.15) is 30.1 Å². The summed E-state index contributed by atoms with van der Waals surface area (Å²) in [6, 6.07) is 3.67. The minimum Gasteiger partial charge on any atom is -0.394 e. The number of aliphatic hydroxyl groups excluding tert-OH is 1. The number of anilines is 1. The van der Waals surface area contributed by atoms with Gasteiger partial charge in [-0.3, -0.25) is 4.79 Å². The summed E-state index contributed by atoms with van der Waals surface area (Å²) in [5.41, 5.74) is 0.575. The third kappa shape index (κ3) is 4.41. The fourth-order valence-electron chi connectivity index (χ4n) is 2.47. The summed E-state index contributed by atoms with van der Waals surface area (Å²) < 4.78 is 5.59. The fourth-order valence-corrected chi connectivity index (χ4v) is 2.47. The molecule has 6 nitrogen and oxygen atoms in total. The summed E-state index contributed by atoms with van der Waals surface area (Å²) in [5, 5.41) is 11.6. The molecular formula is C15H23N3O3. The number of nitrogens with zero attached hydrogens (tertiary/aromatic N) is 2. The molecule has 1 saturated heterocycles. The molecule has 21 heavy (non-hydrogen) atoms. The third-order valence-corrected chi connectivity index (χ3v) is 3.49. The van der Waals surface area contributed by atoms with Gasteiger partial charge in [0.2, 0.25) is 0 Å². The van der Waals surface area contributed by atoms with E-state index >= 15 is 0 Å². The Bertz CT molecular complexity index is 450. The standard InChI is InChI=1S/C15H23N3O3/c1-2-16-15(20)12-5-6-14(17-10-12)18-7-3-4-13(11-18)21-9-8-19/h5-6,10,13,19H,2-4,7-9,11H2,1H3,(H,16,20). The van der Waals surface area contributed by atoms with Crippen LogP contribution in [0.5, 0.6) is 0 Å². The molecular weight excluding hydrogens is 270 g/mol. The average molecular weight is 293 g/mol. The van der Waals surface area contributed by atoms with Gasteiger partial charge in [0.1, 0.15) is 5.82 Å². The van der Waals surface area contributed by atoms with Gasteiger partial charge in [0.25, 0.3) is 5.91 Å². The van der Waals surface area contributed by atoms with E-state index in [-0.39, 0.29) is 18.6 Å². The normalized spacial score (nSPS) is 18.6. The highest BCUT2D eigenvalue weighted by molar-refractivity contribution is 5.93. The molecule has 2 N–H and O–H groups in total. The predicted molar refractivity (Wildman–Crippen MR) is 80.5 cm³/mol. The summed E-state index contributed by atoms with van der Waals surface area (Å²) in [5.74, 6) is 0.764. The van der Waals surface area contributed by atoms with Gasteiger partial charge in [-0.05, 0) is 31.9 Å². The summed E-state index contributed by atoms with van der Waals surface area (Å²) >= 11 is 0. The zero-order valence-electron chi connectivity index (χ0n) is 12.4. The monoisotopic (exact) mass is 293 g/mol. The number of hydrogen-bond donors (Lipinski definition) is 2. The predicted octanol–water partition coefficient (Wildman–Crippen LogP) is 0.809. The Hall–Kier alpha value is -1.66. The van der Waals surface area contributed by atoms with Crippen molar-refractivity contribution in [1.29, 1.82) is 0 Å². The zero-order valence-corrected chi connectivity index (χ0v) is 12.4. The van der Waals surface area contributed by atoms with Crippen molar-refractivity contribution in [2.45, 2.75) is 25.9 Å². The number of aliphatic hydroxyl groups is 1. The largest absolute Gasteiger partial charge is 0.394 e. The number of carbonyl (C=O) groups is 1. The van der Waals surface area contributed by atoms with Crippen LogP contribution in [0.2, 0.25) is 0 Å². The first-order chi connectivity index (χ1) is 10.2. The van der Waals surface area contributed by atoms with Crippen LogP contribution in [-0.2, 0) is 4.74 Å². The molecule has 0 aliphatic carbocycles. The Labute approximate surface area is 125 Å². The van der Waals surface area contributed by atoms with Gasteiger partial charge < -0.3 is 20.1 Å². The number of carbonyl (C=O) groups excluding carboxylic acids is 1. The van der Waals surface area contributed by atoms with Gasteiger partial charge in [-0.15, -0.1) is 0 Å². The van der Waals surface area contributed by atoms with Gasteiger partial charge in [-0.2, -0.15) is 0 Å². The SMILES string of the molecule is CCNC(=O)c1ccc(N2CCCC(OCCO)C2)nc1. The molecule has 1 atom stereocenters. The van der Waals surface area contributed by atoms with Crippen LogP contribution in [0.4, 0.5) is 5.82 Å². The van der Waals surface area contributed by atoms with Gasteiger partial charge in [-0.25, -0.2) is 4.98 Å². The molecule has 0 radical (unpaired) electrons. The topological polar surface area (TPSA) is 74.7 Å². The number of aromatic nitrogens is 1. The van der Waals surface area contributed by atoms with Gasteiger partial charge in [0, 0.05) is 25.8 Å². The molecule has 1 amide bonds. The third-order valence-electron chi connectivity index (χ3n) is 3.49. The van der Waals surface area contributed by atoms with Gasteiger partial charge in [0.15, 0.2) is 0 Å². The van der Waals surface area contributed by atoms with E-state index in [1.165, 1.54) is 0 Å². The minimum atomic E-state index is -0.0978. The van der Waals surface area contributed by atoms with Crippen LogP contribution >= 0.6 is 0 Å². The quantitative estimate of drug-likeness (QED) is 0.812. The van der Waals surface area contributed by atoms with E-state index in [0.717, 1.165) is 31.7 Å². The lowest BCUT2D eigenvalue weighted by atomic mass is 10.1. The second kappa shape index (κ2) is 7.95. The first-order valence-corrected chi connectivity index (χ1v) is 7.46. The smallest absolute Gasteiger partial charge is 0.252 e. The van der Waals surface area contributed by atoms with Crippen LogP contribution in [0.3, 0.4) is 0 Å². The molecule has 2 heterocycles. The van der Waals surface area contributed by atoms with Crippen molar-refractivity contribution in [1.82, 2.24) is 10.3 Å². The van der Waals surface area contributed by atoms with Crippen molar-refractivity contribution in [2.75, 3.05) is 37.7 Å².